The van der Waals surface area contributed by atoms with Crippen LogP contribution in [0.1, 0.15) is 27.8 Å². The summed E-state index contributed by atoms with van der Waals surface area (Å²) in [5.74, 6) is -0.00112. The van der Waals surface area contributed by atoms with Gasteiger partial charge in [0, 0.05) is 31.2 Å². The first kappa shape index (κ1) is 15.6. The highest BCUT2D eigenvalue weighted by atomic mass is 35.5. The normalized spacial score (nSPS) is 20.7. The number of imidazole rings is 1. The second kappa shape index (κ2) is 6.55. The molecule has 1 saturated heterocycles. The van der Waals surface area contributed by atoms with Gasteiger partial charge in [0.25, 0.3) is 5.91 Å². The van der Waals surface area contributed by atoms with Crippen molar-refractivity contribution in [1.29, 1.82) is 0 Å². The van der Waals surface area contributed by atoms with E-state index in [2.05, 4.69) is 10.3 Å². The Kier molecular flexibility index (Phi) is 4.26. The van der Waals surface area contributed by atoms with Crippen molar-refractivity contribution in [3.8, 4) is 0 Å². The van der Waals surface area contributed by atoms with Gasteiger partial charge in [0.1, 0.15) is 6.10 Å². The molecule has 0 aliphatic carbocycles. The largest absolute Gasteiger partial charge is 0.365 e. The third-order valence-corrected chi connectivity index (χ3v) is 4.83. The van der Waals surface area contributed by atoms with Crippen molar-refractivity contribution in [1.82, 2.24) is 19.8 Å². The van der Waals surface area contributed by atoms with E-state index in [-0.39, 0.29) is 12.0 Å². The maximum atomic E-state index is 12.7. The highest BCUT2D eigenvalue weighted by molar-refractivity contribution is 6.30. The SMILES string of the molecule is O=C(c1ncn2c1CO[C@@H](c1ccc(Cl)cc1)C2)N1CCNCC1. The fourth-order valence-corrected chi connectivity index (χ4v) is 3.33. The molecule has 6 nitrogen and oxygen atoms in total. The van der Waals surface area contributed by atoms with Crippen molar-refractivity contribution in [2.45, 2.75) is 19.3 Å². The molecule has 2 aromatic rings. The molecule has 2 aliphatic rings. The Morgan fingerprint density at radius 2 is 2.00 bits per heavy atom. The average Bonchev–Trinajstić information content (AvgIpc) is 3.05. The molecule has 1 amide bonds. The first-order valence-corrected chi connectivity index (χ1v) is 8.51. The Bertz CT molecular complexity index is 738. The number of piperazine rings is 1. The number of carbonyl (C=O) groups excluding carboxylic acids is 1. The summed E-state index contributed by atoms with van der Waals surface area (Å²) >= 11 is 5.94. The van der Waals surface area contributed by atoms with Crippen molar-refractivity contribution < 1.29 is 9.53 Å². The van der Waals surface area contributed by atoms with Gasteiger partial charge in [0.15, 0.2) is 5.69 Å². The second-order valence-corrected chi connectivity index (χ2v) is 6.52. The van der Waals surface area contributed by atoms with Gasteiger partial charge in [-0.2, -0.15) is 0 Å². The molecular formula is C17H19ClN4O2. The van der Waals surface area contributed by atoms with Crippen molar-refractivity contribution in [3.05, 3.63) is 52.6 Å². The number of aromatic nitrogens is 2. The lowest BCUT2D eigenvalue weighted by Crippen LogP contribution is -2.46. The monoisotopic (exact) mass is 346 g/mol. The van der Waals surface area contributed by atoms with Gasteiger partial charge in [-0.15, -0.1) is 0 Å². The van der Waals surface area contributed by atoms with Crippen LogP contribution in [0.2, 0.25) is 5.02 Å². The standard InChI is InChI=1S/C17H19ClN4O2/c18-13-3-1-12(2-4-13)15-9-22-11-20-16(14(22)10-24-15)17(23)21-7-5-19-6-8-21/h1-4,11,15,19H,5-10H2/t15-/m1/s1. The van der Waals surface area contributed by atoms with Crippen LogP contribution in [0.4, 0.5) is 0 Å². The zero-order valence-electron chi connectivity index (χ0n) is 13.2. The van der Waals surface area contributed by atoms with E-state index in [1.807, 2.05) is 33.7 Å². The molecule has 2 aliphatic heterocycles. The number of ether oxygens (including phenoxy) is 1. The molecule has 7 heteroatoms. The third kappa shape index (κ3) is 2.92. The summed E-state index contributed by atoms with van der Waals surface area (Å²) in [6, 6.07) is 7.68. The van der Waals surface area contributed by atoms with Gasteiger partial charge in [-0.3, -0.25) is 4.79 Å². The van der Waals surface area contributed by atoms with E-state index in [1.54, 1.807) is 6.33 Å². The smallest absolute Gasteiger partial charge is 0.274 e. The van der Waals surface area contributed by atoms with Crippen LogP contribution in [0.5, 0.6) is 0 Å². The Morgan fingerprint density at radius 1 is 1.25 bits per heavy atom. The van der Waals surface area contributed by atoms with E-state index < -0.39 is 0 Å². The first-order chi connectivity index (χ1) is 11.7. The lowest BCUT2D eigenvalue weighted by Gasteiger charge is -2.28. The van der Waals surface area contributed by atoms with Gasteiger partial charge < -0.3 is 19.5 Å². The number of hydrogen-bond acceptors (Lipinski definition) is 4. The Labute approximate surface area is 145 Å². The van der Waals surface area contributed by atoms with Crippen molar-refractivity contribution in [2.75, 3.05) is 26.2 Å². The number of fused-ring (bicyclic) bond motifs is 1. The quantitative estimate of drug-likeness (QED) is 0.901. The summed E-state index contributed by atoms with van der Waals surface area (Å²) in [5, 5.41) is 3.96. The van der Waals surface area contributed by atoms with E-state index >= 15 is 0 Å². The number of benzene rings is 1. The summed E-state index contributed by atoms with van der Waals surface area (Å²) in [4.78, 5) is 18.9. The molecule has 3 heterocycles. The minimum absolute atomic E-state index is 0.00112. The first-order valence-electron chi connectivity index (χ1n) is 8.13. The maximum Gasteiger partial charge on any atom is 0.274 e. The summed E-state index contributed by atoms with van der Waals surface area (Å²) in [6.07, 6.45) is 1.70. The molecule has 1 aromatic carbocycles. The van der Waals surface area contributed by atoms with Gasteiger partial charge in [-0.25, -0.2) is 4.98 Å². The molecular weight excluding hydrogens is 328 g/mol. The molecule has 0 spiro atoms. The van der Waals surface area contributed by atoms with E-state index in [1.165, 1.54) is 0 Å². The number of halogens is 1. The number of hydrogen-bond donors (Lipinski definition) is 1. The second-order valence-electron chi connectivity index (χ2n) is 6.09. The van der Waals surface area contributed by atoms with E-state index in [0.717, 1.165) is 37.4 Å². The molecule has 1 aromatic heterocycles. The van der Waals surface area contributed by atoms with E-state index in [0.29, 0.717) is 23.9 Å². The molecule has 0 bridgehead atoms. The fourth-order valence-electron chi connectivity index (χ4n) is 3.20. The van der Waals surface area contributed by atoms with Crippen molar-refractivity contribution in [2.24, 2.45) is 0 Å². The van der Waals surface area contributed by atoms with Gasteiger partial charge in [0.05, 0.1) is 25.2 Å². The zero-order chi connectivity index (χ0) is 16.5. The lowest BCUT2D eigenvalue weighted by atomic mass is 10.1. The number of rotatable bonds is 2. The van der Waals surface area contributed by atoms with Crippen LogP contribution in [0.25, 0.3) is 0 Å². The summed E-state index contributed by atoms with van der Waals surface area (Å²) in [6.45, 7) is 4.14. The number of nitrogens with one attached hydrogen (secondary N) is 1. The van der Waals surface area contributed by atoms with E-state index in [4.69, 9.17) is 16.3 Å². The van der Waals surface area contributed by atoms with Gasteiger partial charge in [-0.1, -0.05) is 23.7 Å². The van der Waals surface area contributed by atoms with Crippen molar-refractivity contribution >= 4 is 17.5 Å². The molecule has 0 saturated carbocycles. The fraction of sp³-hybridized carbons (Fsp3) is 0.412. The van der Waals surface area contributed by atoms with Crippen LogP contribution >= 0.6 is 11.6 Å². The molecule has 1 atom stereocenters. The predicted octanol–water partition coefficient (Wildman–Crippen LogP) is 1.85. The number of carbonyl (C=O) groups is 1. The van der Waals surface area contributed by atoms with Crippen LogP contribution in [-0.4, -0.2) is 46.5 Å². The average molecular weight is 347 g/mol. The van der Waals surface area contributed by atoms with Crippen LogP contribution < -0.4 is 5.32 Å². The zero-order valence-corrected chi connectivity index (χ0v) is 14.0. The topological polar surface area (TPSA) is 59.4 Å². The molecule has 24 heavy (non-hydrogen) atoms. The molecule has 0 radical (unpaired) electrons. The van der Waals surface area contributed by atoms with Gasteiger partial charge in [-0.05, 0) is 17.7 Å². The number of amides is 1. The maximum absolute atomic E-state index is 12.7. The van der Waals surface area contributed by atoms with Crippen LogP contribution in [0.3, 0.4) is 0 Å². The molecule has 0 unspecified atom stereocenters. The Balaban J connectivity index is 1.53. The Morgan fingerprint density at radius 3 is 2.75 bits per heavy atom. The minimum Gasteiger partial charge on any atom is -0.365 e. The molecule has 126 valence electrons. The van der Waals surface area contributed by atoms with Crippen LogP contribution in [0.15, 0.2) is 30.6 Å². The van der Waals surface area contributed by atoms with Crippen molar-refractivity contribution in [3.63, 3.8) is 0 Å². The van der Waals surface area contributed by atoms with Gasteiger partial charge in [0.2, 0.25) is 0 Å². The third-order valence-electron chi connectivity index (χ3n) is 4.58. The van der Waals surface area contributed by atoms with Crippen LogP contribution in [0, 0.1) is 0 Å². The van der Waals surface area contributed by atoms with Gasteiger partial charge >= 0.3 is 0 Å². The minimum atomic E-state index is -0.0499. The highest BCUT2D eigenvalue weighted by Crippen LogP contribution is 2.28. The Hall–Kier alpha value is -1.89. The highest BCUT2D eigenvalue weighted by Gasteiger charge is 2.29. The summed E-state index contributed by atoms with van der Waals surface area (Å²) < 4.78 is 8.01. The molecule has 4 rings (SSSR count). The number of nitrogens with zero attached hydrogens (tertiary/aromatic N) is 3. The molecule has 1 fully saturated rings. The van der Waals surface area contributed by atoms with Crippen LogP contribution in [-0.2, 0) is 17.9 Å². The summed E-state index contributed by atoms with van der Waals surface area (Å²) in [7, 11) is 0. The molecule has 1 N–H and O–H groups in total. The van der Waals surface area contributed by atoms with E-state index in [9.17, 15) is 4.79 Å². The predicted molar refractivity (Wildman–Crippen MR) is 90.0 cm³/mol. The lowest BCUT2D eigenvalue weighted by molar-refractivity contribution is 0.00232. The summed E-state index contributed by atoms with van der Waals surface area (Å²) in [5.41, 5.74) is 2.46.